The quantitative estimate of drug-likeness (QED) is 0.561. The Morgan fingerprint density at radius 2 is 2.26 bits per heavy atom. The van der Waals surface area contributed by atoms with E-state index in [1.807, 2.05) is 13.0 Å². The van der Waals surface area contributed by atoms with E-state index in [-0.39, 0.29) is 11.9 Å². The molecule has 4 heteroatoms. The standard InChI is InChI=1S/C15H23FN2O/c1-11(2)10-19-7-6-18-15(9-17)13-5-4-12(3)14(16)8-13/h4-5,8,15,18H,1,6-7,9-10,17H2,2-3H3. The van der Waals surface area contributed by atoms with Gasteiger partial charge in [-0.2, -0.15) is 0 Å². The zero-order valence-electron chi connectivity index (χ0n) is 11.7. The van der Waals surface area contributed by atoms with Crippen LogP contribution in [0.1, 0.15) is 24.1 Å². The molecule has 1 atom stereocenters. The number of rotatable bonds is 8. The van der Waals surface area contributed by atoms with Crippen molar-refractivity contribution in [1.29, 1.82) is 0 Å². The van der Waals surface area contributed by atoms with E-state index in [0.29, 0.717) is 31.9 Å². The van der Waals surface area contributed by atoms with Crippen LogP contribution in [0.15, 0.2) is 30.4 Å². The molecule has 0 spiro atoms. The van der Waals surface area contributed by atoms with Gasteiger partial charge in [0.05, 0.1) is 13.2 Å². The van der Waals surface area contributed by atoms with Crippen LogP contribution in [-0.4, -0.2) is 26.3 Å². The lowest BCUT2D eigenvalue weighted by Crippen LogP contribution is -2.31. The molecule has 0 fully saturated rings. The van der Waals surface area contributed by atoms with Gasteiger partial charge in [0.1, 0.15) is 5.82 Å². The highest BCUT2D eigenvalue weighted by Gasteiger charge is 2.10. The van der Waals surface area contributed by atoms with Gasteiger partial charge in [-0.1, -0.05) is 24.3 Å². The fourth-order valence-corrected chi connectivity index (χ4v) is 1.71. The van der Waals surface area contributed by atoms with Crippen molar-refractivity contribution in [2.45, 2.75) is 19.9 Å². The molecule has 1 aromatic carbocycles. The number of nitrogens with two attached hydrogens (primary N) is 1. The van der Waals surface area contributed by atoms with Gasteiger partial charge in [-0.05, 0) is 31.0 Å². The lowest BCUT2D eigenvalue weighted by atomic mass is 10.0. The van der Waals surface area contributed by atoms with Gasteiger partial charge in [0.25, 0.3) is 0 Å². The third-order valence-corrected chi connectivity index (χ3v) is 2.82. The molecule has 3 nitrogen and oxygen atoms in total. The molecule has 0 aliphatic rings. The lowest BCUT2D eigenvalue weighted by Gasteiger charge is -2.18. The Bertz CT molecular complexity index is 421. The summed E-state index contributed by atoms with van der Waals surface area (Å²) in [5.74, 6) is -0.198. The Hall–Kier alpha value is -1.23. The molecule has 1 aromatic rings. The maximum atomic E-state index is 13.5. The molecule has 0 aliphatic heterocycles. The first-order valence-electron chi connectivity index (χ1n) is 6.46. The number of benzene rings is 1. The van der Waals surface area contributed by atoms with E-state index in [2.05, 4.69) is 11.9 Å². The van der Waals surface area contributed by atoms with Crippen molar-refractivity contribution in [3.8, 4) is 0 Å². The van der Waals surface area contributed by atoms with E-state index >= 15 is 0 Å². The van der Waals surface area contributed by atoms with Gasteiger partial charge in [-0.25, -0.2) is 4.39 Å². The zero-order valence-corrected chi connectivity index (χ0v) is 11.7. The minimum Gasteiger partial charge on any atom is -0.376 e. The summed E-state index contributed by atoms with van der Waals surface area (Å²) < 4.78 is 18.9. The second kappa shape index (κ2) is 8.04. The van der Waals surface area contributed by atoms with Gasteiger partial charge in [0, 0.05) is 19.1 Å². The van der Waals surface area contributed by atoms with Gasteiger partial charge in [0.2, 0.25) is 0 Å². The highest BCUT2D eigenvalue weighted by Crippen LogP contribution is 2.15. The first-order chi connectivity index (χ1) is 9.04. The van der Waals surface area contributed by atoms with E-state index in [1.165, 1.54) is 6.07 Å². The Labute approximate surface area is 114 Å². The molecule has 0 saturated heterocycles. The van der Waals surface area contributed by atoms with Crippen LogP contribution in [0, 0.1) is 12.7 Å². The first-order valence-corrected chi connectivity index (χ1v) is 6.46. The van der Waals surface area contributed by atoms with Crippen LogP contribution in [0.25, 0.3) is 0 Å². The van der Waals surface area contributed by atoms with Crippen LogP contribution in [0.4, 0.5) is 4.39 Å². The van der Waals surface area contributed by atoms with Gasteiger partial charge < -0.3 is 15.8 Å². The summed E-state index contributed by atoms with van der Waals surface area (Å²) in [6, 6.07) is 5.15. The Morgan fingerprint density at radius 3 is 2.84 bits per heavy atom. The van der Waals surface area contributed by atoms with E-state index in [1.54, 1.807) is 13.0 Å². The molecule has 1 rings (SSSR count). The summed E-state index contributed by atoms with van der Waals surface area (Å²) in [7, 11) is 0. The molecule has 0 radical (unpaired) electrons. The number of nitrogens with one attached hydrogen (secondary N) is 1. The van der Waals surface area contributed by atoms with Crippen molar-refractivity contribution in [3.05, 3.63) is 47.3 Å². The Balaban J connectivity index is 2.44. The Kier molecular flexibility index (Phi) is 6.70. The van der Waals surface area contributed by atoms with Crippen molar-refractivity contribution >= 4 is 0 Å². The largest absolute Gasteiger partial charge is 0.376 e. The normalized spacial score (nSPS) is 12.4. The topological polar surface area (TPSA) is 47.3 Å². The highest BCUT2D eigenvalue weighted by atomic mass is 19.1. The number of aryl methyl sites for hydroxylation is 1. The van der Waals surface area contributed by atoms with Crippen LogP contribution >= 0.6 is 0 Å². The van der Waals surface area contributed by atoms with E-state index in [9.17, 15) is 4.39 Å². The number of hydrogen-bond acceptors (Lipinski definition) is 3. The predicted octanol–water partition coefficient (Wildman–Crippen LogP) is 2.32. The van der Waals surface area contributed by atoms with E-state index in [0.717, 1.165) is 11.1 Å². The summed E-state index contributed by atoms with van der Waals surface area (Å²) in [5.41, 5.74) is 8.22. The fraction of sp³-hybridized carbons (Fsp3) is 0.467. The van der Waals surface area contributed by atoms with Crippen molar-refractivity contribution < 1.29 is 9.13 Å². The minimum absolute atomic E-state index is 0.0523. The van der Waals surface area contributed by atoms with E-state index in [4.69, 9.17) is 10.5 Å². The van der Waals surface area contributed by atoms with Crippen molar-refractivity contribution in [1.82, 2.24) is 5.32 Å². The molecule has 0 amide bonds. The van der Waals surface area contributed by atoms with Crippen LogP contribution in [0.2, 0.25) is 0 Å². The second-order valence-electron chi connectivity index (χ2n) is 4.76. The predicted molar refractivity (Wildman–Crippen MR) is 76.6 cm³/mol. The smallest absolute Gasteiger partial charge is 0.126 e. The van der Waals surface area contributed by atoms with Crippen molar-refractivity contribution in [3.63, 3.8) is 0 Å². The maximum Gasteiger partial charge on any atom is 0.126 e. The molecule has 3 N–H and O–H groups in total. The first kappa shape index (κ1) is 15.8. The van der Waals surface area contributed by atoms with E-state index < -0.39 is 0 Å². The van der Waals surface area contributed by atoms with Gasteiger partial charge in [-0.3, -0.25) is 0 Å². The number of halogens is 1. The third kappa shape index (κ3) is 5.51. The van der Waals surface area contributed by atoms with Crippen LogP contribution < -0.4 is 11.1 Å². The molecule has 19 heavy (non-hydrogen) atoms. The molecule has 0 aliphatic carbocycles. The fourth-order valence-electron chi connectivity index (χ4n) is 1.71. The highest BCUT2D eigenvalue weighted by molar-refractivity contribution is 5.26. The molecule has 106 valence electrons. The van der Waals surface area contributed by atoms with Crippen LogP contribution in [0.3, 0.4) is 0 Å². The van der Waals surface area contributed by atoms with Crippen molar-refractivity contribution in [2.75, 3.05) is 26.3 Å². The molecule has 0 aromatic heterocycles. The maximum absolute atomic E-state index is 13.5. The second-order valence-corrected chi connectivity index (χ2v) is 4.76. The summed E-state index contributed by atoms with van der Waals surface area (Å²) in [6.45, 7) is 9.67. The van der Waals surface area contributed by atoms with Crippen LogP contribution in [-0.2, 0) is 4.74 Å². The number of ether oxygens (including phenoxy) is 1. The summed E-state index contributed by atoms with van der Waals surface area (Å²) in [5, 5.41) is 3.26. The lowest BCUT2D eigenvalue weighted by molar-refractivity contribution is 0.155. The van der Waals surface area contributed by atoms with Gasteiger partial charge in [-0.15, -0.1) is 0 Å². The molecule has 0 saturated carbocycles. The SMILES string of the molecule is C=C(C)COCCNC(CN)c1ccc(C)c(F)c1. The minimum atomic E-state index is -0.198. The summed E-state index contributed by atoms with van der Waals surface area (Å²) >= 11 is 0. The average molecular weight is 266 g/mol. The van der Waals surface area contributed by atoms with Gasteiger partial charge >= 0.3 is 0 Å². The molecule has 0 heterocycles. The molecular weight excluding hydrogens is 243 g/mol. The average Bonchev–Trinajstić information content (AvgIpc) is 2.37. The Morgan fingerprint density at radius 1 is 1.53 bits per heavy atom. The zero-order chi connectivity index (χ0) is 14.3. The molecule has 0 bridgehead atoms. The van der Waals surface area contributed by atoms with Crippen LogP contribution in [0.5, 0.6) is 0 Å². The molecule has 1 unspecified atom stereocenters. The molecular formula is C15H23FN2O. The van der Waals surface area contributed by atoms with Gasteiger partial charge in [0.15, 0.2) is 0 Å². The number of hydrogen-bond donors (Lipinski definition) is 2. The monoisotopic (exact) mass is 266 g/mol. The van der Waals surface area contributed by atoms with Crippen molar-refractivity contribution in [2.24, 2.45) is 5.73 Å². The summed E-state index contributed by atoms with van der Waals surface area (Å²) in [6.07, 6.45) is 0. The summed E-state index contributed by atoms with van der Waals surface area (Å²) in [4.78, 5) is 0. The third-order valence-electron chi connectivity index (χ3n) is 2.82.